The van der Waals surface area contributed by atoms with E-state index in [1.807, 2.05) is 4.90 Å². The van der Waals surface area contributed by atoms with Gasteiger partial charge in [0.25, 0.3) is 5.91 Å². The average Bonchev–Trinajstić information content (AvgIpc) is 2.85. The van der Waals surface area contributed by atoms with Crippen LogP contribution in [0.5, 0.6) is 11.8 Å². The van der Waals surface area contributed by atoms with Gasteiger partial charge in [-0.2, -0.15) is 4.98 Å². The molecule has 2 unspecified atom stereocenters. The fourth-order valence-corrected chi connectivity index (χ4v) is 3.15. The molecule has 6 nitrogen and oxygen atoms in total. The lowest BCUT2D eigenvalue weighted by molar-refractivity contribution is 0.0743. The number of methoxy groups -OCH3 is 2. The summed E-state index contributed by atoms with van der Waals surface area (Å²) >= 11 is 0. The van der Waals surface area contributed by atoms with Crippen LogP contribution in [0.2, 0.25) is 0 Å². The van der Waals surface area contributed by atoms with Gasteiger partial charge in [0.05, 0.1) is 14.2 Å². The SMILES string of the molecule is COc1ccc(C(=O)N2CCC3CCC(C2)N3)c(OC)n1. The zero-order chi connectivity index (χ0) is 14.8. The standard InChI is InChI=1S/C15H21N3O3/c1-20-13-6-5-12(14(17-13)21-2)15(19)18-8-7-10-3-4-11(9-18)16-10/h5-6,10-11,16H,3-4,7-9H2,1-2H3. The van der Waals surface area contributed by atoms with E-state index in [4.69, 9.17) is 9.47 Å². The van der Waals surface area contributed by atoms with E-state index < -0.39 is 0 Å². The number of rotatable bonds is 3. The van der Waals surface area contributed by atoms with Crippen molar-refractivity contribution in [2.24, 2.45) is 0 Å². The van der Waals surface area contributed by atoms with Gasteiger partial charge >= 0.3 is 0 Å². The first-order valence-electron chi connectivity index (χ1n) is 7.35. The van der Waals surface area contributed by atoms with E-state index >= 15 is 0 Å². The highest BCUT2D eigenvalue weighted by molar-refractivity contribution is 5.96. The van der Waals surface area contributed by atoms with E-state index in [9.17, 15) is 4.79 Å². The molecular formula is C15H21N3O3. The van der Waals surface area contributed by atoms with Crippen LogP contribution in [0.15, 0.2) is 12.1 Å². The van der Waals surface area contributed by atoms with E-state index in [2.05, 4.69) is 10.3 Å². The number of carbonyl (C=O) groups excluding carboxylic acids is 1. The van der Waals surface area contributed by atoms with Crippen LogP contribution in [-0.4, -0.2) is 55.2 Å². The van der Waals surface area contributed by atoms with Gasteiger partial charge in [-0.1, -0.05) is 0 Å². The second-order valence-electron chi connectivity index (χ2n) is 5.59. The van der Waals surface area contributed by atoms with Crippen LogP contribution < -0.4 is 14.8 Å². The third kappa shape index (κ3) is 2.81. The first-order chi connectivity index (χ1) is 10.2. The molecule has 0 aliphatic carbocycles. The van der Waals surface area contributed by atoms with Crippen molar-refractivity contribution in [3.63, 3.8) is 0 Å². The second-order valence-corrected chi connectivity index (χ2v) is 5.59. The molecular weight excluding hydrogens is 270 g/mol. The van der Waals surface area contributed by atoms with Crippen LogP contribution in [0, 0.1) is 0 Å². The second kappa shape index (κ2) is 5.89. The van der Waals surface area contributed by atoms with Gasteiger partial charge in [-0.15, -0.1) is 0 Å². The average molecular weight is 291 g/mol. The van der Waals surface area contributed by atoms with Crippen LogP contribution in [0.1, 0.15) is 29.6 Å². The lowest BCUT2D eigenvalue weighted by atomic mass is 10.1. The summed E-state index contributed by atoms with van der Waals surface area (Å²) in [6, 6.07) is 4.39. The Morgan fingerprint density at radius 1 is 1.24 bits per heavy atom. The minimum absolute atomic E-state index is 0.0173. The van der Waals surface area contributed by atoms with Crippen molar-refractivity contribution >= 4 is 5.91 Å². The molecule has 3 rings (SSSR count). The van der Waals surface area contributed by atoms with Crippen LogP contribution in [0.25, 0.3) is 0 Å². The molecule has 0 aromatic carbocycles. The quantitative estimate of drug-likeness (QED) is 0.902. The third-order valence-electron chi connectivity index (χ3n) is 4.28. The smallest absolute Gasteiger partial charge is 0.259 e. The van der Waals surface area contributed by atoms with Crippen molar-refractivity contribution in [1.82, 2.24) is 15.2 Å². The van der Waals surface area contributed by atoms with Crippen LogP contribution in [-0.2, 0) is 0 Å². The summed E-state index contributed by atoms with van der Waals surface area (Å²) in [5, 5.41) is 3.58. The highest BCUT2D eigenvalue weighted by Gasteiger charge is 2.32. The summed E-state index contributed by atoms with van der Waals surface area (Å²) in [6.07, 6.45) is 3.38. The van der Waals surface area contributed by atoms with Crippen molar-refractivity contribution < 1.29 is 14.3 Å². The molecule has 1 N–H and O–H groups in total. The maximum Gasteiger partial charge on any atom is 0.259 e. The zero-order valence-corrected chi connectivity index (χ0v) is 12.5. The summed E-state index contributed by atoms with van der Waals surface area (Å²) in [6.45, 7) is 1.53. The number of aromatic nitrogens is 1. The van der Waals surface area contributed by atoms with Crippen LogP contribution in [0.4, 0.5) is 0 Å². The fraction of sp³-hybridized carbons (Fsp3) is 0.600. The highest BCUT2D eigenvalue weighted by Crippen LogP contribution is 2.25. The Morgan fingerprint density at radius 3 is 2.81 bits per heavy atom. The van der Waals surface area contributed by atoms with Crippen LogP contribution in [0.3, 0.4) is 0 Å². The molecule has 2 aliphatic heterocycles. The normalized spacial score (nSPS) is 24.6. The first-order valence-corrected chi connectivity index (χ1v) is 7.35. The predicted octanol–water partition coefficient (Wildman–Crippen LogP) is 1.07. The van der Waals surface area contributed by atoms with Gasteiger partial charge in [-0.05, 0) is 25.3 Å². The zero-order valence-electron chi connectivity index (χ0n) is 12.5. The van der Waals surface area contributed by atoms with Gasteiger partial charge in [0.1, 0.15) is 5.56 Å². The lowest BCUT2D eigenvalue weighted by Crippen LogP contribution is -2.39. The topological polar surface area (TPSA) is 63.7 Å². The summed E-state index contributed by atoms with van der Waals surface area (Å²) in [4.78, 5) is 18.8. The molecule has 2 fully saturated rings. The Balaban J connectivity index is 1.81. The lowest BCUT2D eigenvalue weighted by Gasteiger charge is -2.24. The van der Waals surface area contributed by atoms with E-state index in [1.54, 1.807) is 19.2 Å². The number of nitrogens with zero attached hydrogens (tertiary/aromatic N) is 2. The van der Waals surface area contributed by atoms with Crippen molar-refractivity contribution in [3.8, 4) is 11.8 Å². The van der Waals surface area contributed by atoms with Crippen molar-refractivity contribution in [1.29, 1.82) is 0 Å². The summed E-state index contributed by atoms with van der Waals surface area (Å²) in [5.41, 5.74) is 0.496. The molecule has 2 aliphatic rings. The monoisotopic (exact) mass is 291 g/mol. The molecule has 1 amide bonds. The number of amides is 1. The molecule has 0 saturated carbocycles. The summed E-state index contributed by atoms with van der Waals surface area (Å²) in [7, 11) is 3.06. The maximum atomic E-state index is 12.7. The molecule has 21 heavy (non-hydrogen) atoms. The Hall–Kier alpha value is -1.82. The highest BCUT2D eigenvalue weighted by atomic mass is 16.5. The van der Waals surface area contributed by atoms with E-state index in [-0.39, 0.29) is 5.91 Å². The number of hydrogen-bond donors (Lipinski definition) is 1. The van der Waals surface area contributed by atoms with Gasteiger partial charge in [-0.25, -0.2) is 0 Å². The number of hydrogen-bond acceptors (Lipinski definition) is 5. The number of fused-ring (bicyclic) bond motifs is 2. The molecule has 114 valence electrons. The number of ether oxygens (including phenoxy) is 2. The minimum atomic E-state index is -0.0173. The maximum absolute atomic E-state index is 12.7. The molecule has 2 atom stereocenters. The Morgan fingerprint density at radius 2 is 2.05 bits per heavy atom. The number of carbonyl (C=O) groups is 1. The summed E-state index contributed by atoms with van der Waals surface area (Å²) < 4.78 is 10.3. The molecule has 0 spiro atoms. The van der Waals surface area contributed by atoms with Gasteiger partial charge in [0.2, 0.25) is 11.8 Å². The molecule has 2 bridgehead atoms. The number of nitrogens with one attached hydrogen (secondary N) is 1. The molecule has 1 aromatic heterocycles. The largest absolute Gasteiger partial charge is 0.481 e. The third-order valence-corrected chi connectivity index (χ3v) is 4.28. The molecule has 6 heteroatoms. The molecule has 1 aromatic rings. The van der Waals surface area contributed by atoms with Crippen LogP contribution >= 0.6 is 0 Å². The molecule has 3 heterocycles. The molecule has 2 saturated heterocycles. The number of pyridine rings is 1. The van der Waals surface area contributed by atoms with Crippen molar-refractivity contribution in [2.45, 2.75) is 31.3 Å². The van der Waals surface area contributed by atoms with Gasteiger partial charge in [0, 0.05) is 31.2 Å². The van der Waals surface area contributed by atoms with E-state index in [0.29, 0.717) is 29.4 Å². The Labute approximate surface area is 124 Å². The van der Waals surface area contributed by atoms with Gasteiger partial charge in [0.15, 0.2) is 0 Å². The predicted molar refractivity (Wildman–Crippen MR) is 77.8 cm³/mol. The van der Waals surface area contributed by atoms with Crippen molar-refractivity contribution in [2.75, 3.05) is 27.3 Å². The Bertz CT molecular complexity index is 535. The van der Waals surface area contributed by atoms with E-state index in [0.717, 1.165) is 25.9 Å². The minimum Gasteiger partial charge on any atom is -0.481 e. The van der Waals surface area contributed by atoms with Gasteiger partial charge < -0.3 is 19.7 Å². The van der Waals surface area contributed by atoms with Crippen molar-refractivity contribution in [3.05, 3.63) is 17.7 Å². The first kappa shape index (κ1) is 14.1. The number of likely N-dealkylation sites (tertiary alicyclic amines) is 1. The molecule has 0 radical (unpaired) electrons. The van der Waals surface area contributed by atoms with Gasteiger partial charge in [-0.3, -0.25) is 4.79 Å². The van der Waals surface area contributed by atoms with E-state index in [1.165, 1.54) is 13.5 Å². The Kier molecular flexibility index (Phi) is 3.96. The fourth-order valence-electron chi connectivity index (χ4n) is 3.15. The summed E-state index contributed by atoms with van der Waals surface area (Å²) in [5.74, 6) is 0.748.